The SMILES string of the molecule is Cn1ccc(C(=O)N2C[C@@H]3[C@H](C2)n2cccc2C(=O)N3CC2CC2)n1. The van der Waals surface area contributed by atoms with Crippen LogP contribution in [0.15, 0.2) is 30.6 Å². The Bertz CT molecular complexity index is 849. The van der Waals surface area contributed by atoms with Crippen molar-refractivity contribution in [1.82, 2.24) is 24.1 Å². The summed E-state index contributed by atoms with van der Waals surface area (Å²) >= 11 is 0. The number of hydrogen-bond donors (Lipinski definition) is 0. The lowest BCUT2D eigenvalue weighted by Crippen LogP contribution is -2.51. The standard InChI is InChI=1S/C18H21N5O2/c1-20-8-6-13(19-20)17(24)21-10-15-16(11-21)23(9-12-4-5-12)18(25)14-3-2-7-22(14)15/h2-3,6-8,12,15-16H,4-5,9-11H2,1H3/t15-,16+/m0/s1. The molecule has 5 rings (SSSR count). The molecule has 2 aliphatic heterocycles. The van der Waals surface area contributed by atoms with Crippen LogP contribution in [0, 0.1) is 5.92 Å². The van der Waals surface area contributed by atoms with Crippen molar-refractivity contribution in [2.45, 2.75) is 24.9 Å². The number of carbonyl (C=O) groups is 2. The molecule has 2 amide bonds. The molecule has 0 radical (unpaired) electrons. The molecule has 0 N–H and O–H groups in total. The molecule has 7 nitrogen and oxygen atoms in total. The van der Waals surface area contributed by atoms with E-state index < -0.39 is 0 Å². The zero-order valence-corrected chi connectivity index (χ0v) is 14.2. The maximum absolute atomic E-state index is 12.9. The molecule has 1 saturated heterocycles. The molecule has 0 unspecified atom stereocenters. The van der Waals surface area contributed by atoms with Crippen LogP contribution in [0.4, 0.5) is 0 Å². The highest BCUT2D eigenvalue weighted by Crippen LogP contribution is 2.38. The van der Waals surface area contributed by atoms with Crippen LogP contribution in [0.1, 0.15) is 39.9 Å². The third-order valence-corrected chi connectivity index (χ3v) is 5.65. The van der Waals surface area contributed by atoms with E-state index in [0.29, 0.717) is 24.7 Å². The van der Waals surface area contributed by atoms with Crippen LogP contribution in [0.5, 0.6) is 0 Å². The Morgan fingerprint density at radius 1 is 1.20 bits per heavy atom. The van der Waals surface area contributed by atoms with Gasteiger partial charge in [0.1, 0.15) is 11.4 Å². The molecular formula is C18H21N5O2. The highest BCUT2D eigenvalue weighted by atomic mass is 16.2. The van der Waals surface area contributed by atoms with Crippen molar-refractivity contribution in [3.63, 3.8) is 0 Å². The normalized spacial score (nSPS) is 25.2. The third kappa shape index (κ3) is 2.29. The number of carbonyl (C=O) groups excluding carboxylic acids is 2. The number of hydrogen-bond acceptors (Lipinski definition) is 3. The number of aryl methyl sites for hydroxylation is 1. The van der Waals surface area contributed by atoms with Crippen molar-refractivity contribution in [3.8, 4) is 0 Å². The lowest BCUT2D eigenvalue weighted by molar-refractivity contribution is 0.0558. The summed E-state index contributed by atoms with van der Waals surface area (Å²) in [6.45, 7) is 2.02. The number of amides is 2. The van der Waals surface area contributed by atoms with Crippen LogP contribution in [-0.2, 0) is 7.05 Å². The predicted molar refractivity (Wildman–Crippen MR) is 90.1 cm³/mol. The topological polar surface area (TPSA) is 63.4 Å². The van der Waals surface area contributed by atoms with Crippen LogP contribution in [0.3, 0.4) is 0 Å². The molecule has 0 aromatic carbocycles. The molecular weight excluding hydrogens is 318 g/mol. The maximum Gasteiger partial charge on any atom is 0.274 e. The van der Waals surface area contributed by atoms with Gasteiger partial charge in [0.2, 0.25) is 0 Å². The predicted octanol–water partition coefficient (Wildman–Crippen LogP) is 1.15. The third-order valence-electron chi connectivity index (χ3n) is 5.65. The van der Waals surface area contributed by atoms with E-state index in [1.807, 2.05) is 35.2 Å². The Kier molecular flexibility index (Phi) is 3.07. The van der Waals surface area contributed by atoms with Gasteiger partial charge in [-0.15, -0.1) is 0 Å². The van der Waals surface area contributed by atoms with Crippen molar-refractivity contribution in [2.24, 2.45) is 13.0 Å². The van der Waals surface area contributed by atoms with Gasteiger partial charge in [0.25, 0.3) is 11.8 Å². The number of likely N-dealkylation sites (tertiary alicyclic amines) is 1. The van der Waals surface area contributed by atoms with Gasteiger partial charge in [-0.1, -0.05) is 0 Å². The summed E-state index contributed by atoms with van der Waals surface area (Å²) in [4.78, 5) is 29.6. The minimum absolute atomic E-state index is 0.0532. The second kappa shape index (κ2) is 5.21. The fraction of sp³-hybridized carbons (Fsp3) is 0.500. The summed E-state index contributed by atoms with van der Waals surface area (Å²) in [5, 5.41) is 4.24. The smallest absolute Gasteiger partial charge is 0.274 e. The minimum Gasteiger partial charge on any atom is -0.337 e. The van der Waals surface area contributed by atoms with E-state index in [2.05, 4.69) is 9.67 Å². The summed E-state index contributed by atoms with van der Waals surface area (Å²) in [5.74, 6) is 0.680. The molecule has 0 spiro atoms. The molecule has 1 saturated carbocycles. The van der Waals surface area contributed by atoms with Crippen molar-refractivity contribution < 1.29 is 9.59 Å². The van der Waals surface area contributed by atoms with E-state index in [0.717, 1.165) is 12.2 Å². The molecule has 2 aromatic rings. The number of rotatable bonds is 3. The van der Waals surface area contributed by atoms with Gasteiger partial charge in [-0.05, 0) is 37.0 Å². The van der Waals surface area contributed by atoms with Crippen LogP contribution >= 0.6 is 0 Å². The average Bonchev–Trinajstić information content (AvgIpc) is 3.02. The first-order chi connectivity index (χ1) is 12.1. The summed E-state index contributed by atoms with van der Waals surface area (Å²) in [7, 11) is 1.81. The zero-order valence-electron chi connectivity index (χ0n) is 14.2. The first-order valence-corrected chi connectivity index (χ1v) is 8.88. The van der Waals surface area contributed by atoms with Gasteiger partial charge >= 0.3 is 0 Å². The molecule has 2 aromatic heterocycles. The van der Waals surface area contributed by atoms with Crippen LogP contribution in [0.2, 0.25) is 0 Å². The summed E-state index contributed by atoms with van der Waals surface area (Å²) in [5.41, 5.74) is 1.21. The van der Waals surface area contributed by atoms with Gasteiger partial charge in [-0.2, -0.15) is 5.10 Å². The monoisotopic (exact) mass is 339 g/mol. The first-order valence-electron chi connectivity index (χ1n) is 8.88. The lowest BCUT2D eigenvalue weighted by atomic mass is 10.1. The Morgan fingerprint density at radius 3 is 2.72 bits per heavy atom. The van der Waals surface area contributed by atoms with Crippen molar-refractivity contribution >= 4 is 11.8 Å². The molecule has 4 heterocycles. The fourth-order valence-corrected chi connectivity index (χ4v) is 4.16. The summed E-state index contributed by atoms with van der Waals surface area (Å²) < 4.78 is 3.70. The van der Waals surface area contributed by atoms with Crippen molar-refractivity contribution in [3.05, 3.63) is 42.0 Å². The van der Waals surface area contributed by atoms with Crippen LogP contribution in [0.25, 0.3) is 0 Å². The van der Waals surface area contributed by atoms with Gasteiger partial charge in [0.05, 0.1) is 12.1 Å². The Hall–Kier alpha value is -2.57. The molecule has 0 bridgehead atoms. The Labute approximate surface area is 145 Å². The van der Waals surface area contributed by atoms with Gasteiger partial charge in [0, 0.05) is 39.1 Å². The fourth-order valence-electron chi connectivity index (χ4n) is 4.16. The van der Waals surface area contributed by atoms with Gasteiger partial charge in [0.15, 0.2) is 0 Å². The quantitative estimate of drug-likeness (QED) is 0.843. The van der Waals surface area contributed by atoms with E-state index >= 15 is 0 Å². The number of fused-ring (bicyclic) bond motifs is 3. The zero-order chi connectivity index (χ0) is 17.1. The van der Waals surface area contributed by atoms with Gasteiger partial charge in [-0.25, -0.2) is 0 Å². The van der Waals surface area contributed by atoms with E-state index in [1.54, 1.807) is 16.9 Å². The Balaban J connectivity index is 1.46. The molecule has 2 atom stereocenters. The molecule has 25 heavy (non-hydrogen) atoms. The second-order valence-corrected chi connectivity index (χ2v) is 7.42. The van der Waals surface area contributed by atoms with E-state index in [1.165, 1.54) is 12.8 Å². The minimum atomic E-state index is -0.0532. The number of nitrogens with zero attached hydrogens (tertiary/aromatic N) is 5. The molecule has 2 fully saturated rings. The van der Waals surface area contributed by atoms with Gasteiger partial charge < -0.3 is 14.4 Å². The lowest BCUT2D eigenvalue weighted by Gasteiger charge is -2.38. The molecule has 7 heteroatoms. The maximum atomic E-state index is 12.9. The first kappa shape index (κ1) is 14.7. The largest absolute Gasteiger partial charge is 0.337 e. The molecule has 1 aliphatic carbocycles. The van der Waals surface area contributed by atoms with Gasteiger partial charge in [-0.3, -0.25) is 14.3 Å². The Morgan fingerprint density at radius 2 is 2.00 bits per heavy atom. The van der Waals surface area contributed by atoms with E-state index in [9.17, 15) is 9.59 Å². The molecule has 3 aliphatic rings. The van der Waals surface area contributed by atoms with Crippen molar-refractivity contribution in [2.75, 3.05) is 19.6 Å². The van der Waals surface area contributed by atoms with E-state index in [-0.39, 0.29) is 23.9 Å². The summed E-state index contributed by atoms with van der Waals surface area (Å²) in [6, 6.07) is 5.75. The molecule has 130 valence electrons. The highest BCUT2D eigenvalue weighted by molar-refractivity contribution is 5.95. The highest BCUT2D eigenvalue weighted by Gasteiger charge is 2.47. The van der Waals surface area contributed by atoms with Crippen molar-refractivity contribution in [1.29, 1.82) is 0 Å². The van der Waals surface area contributed by atoms with Crippen LogP contribution < -0.4 is 0 Å². The van der Waals surface area contributed by atoms with Crippen LogP contribution in [-0.4, -0.2) is 61.6 Å². The van der Waals surface area contributed by atoms with E-state index in [4.69, 9.17) is 0 Å². The second-order valence-electron chi connectivity index (χ2n) is 7.42. The average molecular weight is 339 g/mol. The summed E-state index contributed by atoms with van der Waals surface area (Å²) in [6.07, 6.45) is 6.16. The number of aromatic nitrogens is 3.